The molecule has 3 rings (SSSR count). The summed E-state index contributed by atoms with van der Waals surface area (Å²) in [6.07, 6.45) is 0. The summed E-state index contributed by atoms with van der Waals surface area (Å²) in [4.78, 5) is 36.0. The largest absolute Gasteiger partial charge is 0.423 e. The first kappa shape index (κ1) is 22.7. The Bertz CT molecular complexity index is 1130. The number of halogens is 1. The second kappa shape index (κ2) is 10.9. The first-order valence-electron chi connectivity index (χ1n) is 9.67. The summed E-state index contributed by atoms with van der Waals surface area (Å²) >= 11 is 5.82. The quantitative estimate of drug-likeness (QED) is 0.197. The van der Waals surface area contributed by atoms with E-state index < -0.39 is 17.8 Å². The van der Waals surface area contributed by atoms with Crippen molar-refractivity contribution in [1.29, 1.82) is 0 Å². The summed E-state index contributed by atoms with van der Waals surface area (Å²) in [5.41, 5.74) is 4.65. The molecular formula is C24H20ClN3O4. The fourth-order valence-electron chi connectivity index (χ4n) is 2.62. The first-order valence-corrected chi connectivity index (χ1v) is 10.0. The molecule has 2 N–H and O–H groups in total. The fraction of sp³-hybridized carbons (Fsp3) is 0.0833. The van der Waals surface area contributed by atoms with Gasteiger partial charge >= 0.3 is 17.8 Å². The van der Waals surface area contributed by atoms with E-state index in [-0.39, 0.29) is 6.54 Å². The zero-order valence-corrected chi connectivity index (χ0v) is 17.9. The zero-order chi connectivity index (χ0) is 22.9. The number of ether oxygens (including phenoxy) is 1. The molecule has 0 spiro atoms. The number of benzene rings is 3. The van der Waals surface area contributed by atoms with Gasteiger partial charge in [-0.25, -0.2) is 10.2 Å². The summed E-state index contributed by atoms with van der Waals surface area (Å²) in [7, 11) is 0. The standard InChI is InChI=1S/C24H20ClN3O4/c1-16(27-28-23(30)22(29)26-15-17-5-3-2-4-6-17)18-9-13-21(14-10-18)32-24(31)19-7-11-20(25)12-8-19/h2-14H,15H2,1H3,(H,26,29)(H,28,30)/b27-16+. The monoisotopic (exact) mass is 449 g/mol. The van der Waals surface area contributed by atoms with Crippen LogP contribution in [0, 0.1) is 0 Å². The van der Waals surface area contributed by atoms with E-state index in [0.717, 1.165) is 5.56 Å². The Labute approximate surface area is 190 Å². The minimum atomic E-state index is -0.867. The number of rotatable bonds is 6. The molecular weight excluding hydrogens is 430 g/mol. The number of hydrogen-bond donors (Lipinski definition) is 2. The predicted octanol–water partition coefficient (Wildman–Crippen LogP) is 3.72. The minimum absolute atomic E-state index is 0.242. The van der Waals surface area contributed by atoms with Gasteiger partial charge in [0.05, 0.1) is 11.3 Å². The van der Waals surface area contributed by atoms with Crippen LogP contribution in [0.25, 0.3) is 0 Å². The second-order valence-corrected chi connectivity index (χ2v) is 7.16. The van der Waals surface area contributed by atoms with Crippen molar-refractivity contribution in [2.45, 2.75) is 13.5 Å². The SMILES string of the molecule is C/C(=N\NC(=O)C(=O)NCc1ccccc1)c1ccc(OC(=O)c2ccc(Cl)cc2)cc1. The molecule has 0 bridgehead atoms. The van der Waals surface area contributed by atoms with Gasteiger partial charge in [-0.3, -0.25) is 9.59 Å². The Morgan fingerprint density at radius 1 is 0.844 bits per heavy atom. The number of esters is 1. The number of nitrogens with zero attached hydrogens (tertiary/aromatic N) is 1. The van der Waals surface area contributed by atoms with E-state index in [0.29, 0.717) is 27.6 Å². The van der Waals surface area contributed by atoms with Crippen LogP contribution in [-0.4, -0.2) is 23.5 Å². The first-order chi connectivity index (χ1) is 15.4. The van der Waals surface area contributed by atoms with Gasteiger partial charge in [-0.1, -0.05) is 41.9 Å². The average molecular weight is 450 g/mol. The van der Waals surface area contributed by atoms with E-state index in [9.17, 15) is 14.4 Å². The highest BCUT2D eigenvalue weighted by molar-refractivity contribution is 6.35. The van der Waals surface area contributed by atoms with Crippen LogP contribution in [0.5, 0.6) is 5.75 Å². The summed E-state index contributed by atoms with van der Waals surface area (Å²) in [6, 6.07) is 22.2. The molecule has 0 aliphatic carbocycles. The van der Waals surface area contributed by atoms with Crippen molar-refractivity contribution in [3.8, 4) is 5.75 Å². The number of hydrazone groups is 1. The third-order valence-electron chi connectivity index (χ3n) is 4.39. The minimum Gasteiger partial charge on any atom is -0.423 e. The Morgan fingerprint density at radius 2 is 1.47 bits per heavy atom. The molecule has 0 radical (unpaired) electrons. The number of carbonyl (C=O) groups is 3. The van der Waals surface area contributed by atoms with E-state index in [1.807, 2.05) is 30.3 Å². The van der Waals surface area contributed by atoms with Crippen LogP contribution < -0.4 is 15.5 Å². The second-order valence-electron chi connectivity index (χ2n) is 6.73. The highest BCUT2D eigenvalue weighted by Crippen LogP contribution is 2.16. The lowest BCUT2D eigenvalue weighted by Gasteiger charge is -2.07. The van der Waals surface area contributed by atoms with Gasteiger partial charge < -0.3 is 10.1 Å². The normalized spacial score (nSPS) is 10.9. The molecule has 7 nitrogen and oxygen atoms in total. The molecule has 0 heterocycles. The van der Waals surface area contributed by atoms with Gasteiger partial charge in [-0.05, 0) is 66.6 Å². The van der Waals surface area contributed by atoms with E-state index in [1.165, 1.54) is 0 Å². The van der Waals surface area contributed by atoms with Crippen molar-refractivity contribution in [2.24, 2.45) is 5.10 Å². The molecule has 8 heteroatoms. The highest BCUT2D eigenvalue weighted by atomic mass is 35.5. The molecule has 0 aromatic heterocycles. The molecule has 0 unspecified atom stereocenters. The Balaban J connectivity index is 1.52. The topological polar surface area (TPSA) is 96.9 Å². The van der Waals surface area contributed by atoms with Gasteiger partial charge in [0.2, 0.25) is 0 Å². The molecule has 0 atom stereocenters. The number of carbonyl (C=O) groups excluding carboxylic acids is 3. The highest BCUT2D eigenvalue weighted by Gasteiger charge is 2.13. The van der Waals surface area contributed by atoms with E-state index >= 15 is 0 Å². The zero-order valence-electron chi connectivity index (χ0n) is 17.2. The lowest BCUT2D eigenvalue weighted by molar-refractivity contribution is -0.139. The van der Waals surface area contributed by atoms with Gasteiger partial charge in [0.15, 0.2) is 0 Å². The molecule has 3 aromatic rings. The molecule has 0 aliphatic heterocycles. The summed E-state index contributed by atoms with van der Waals surface area (Å²) in [6.45, 7) is 1.92. The molecule has 162 valence electrons. The molecule has 0 saturated heterocycles. The van der Waals surface area contributed by atoms with E-state index in [1.54, 1.807) is 55.5 Å². The predicted molar refractivity (Wildman–Crippen MR) is 121 cm³/mol. The van der Waals surface area contributed by atoms with Crippen LogP contribution in [0.1, 0.15) is 28.4 Å². The van der Waals surface area contributed by atoms with E-state index in [2.05, 4.69) is 15.8 Å². The Hall–Kier alpha value is -3.97. The summed E-state index contributed by atoms with van der Waals surface area (Å²) < 4.78 is 5.32. The lowest BCUT2D eigenvalue weighted by Crippen LogP contribution is -2.37. The fourth-order valence-corrected chi connectivity index (χ4v) is 2.75. The maximum Gasteiger partial charge on any atom is 0.343 e. The molecule has 3 aromatic carbocycles. The van der Waals surface area contributed by atoms with E-state index in [4.69, 9.17) is 16.3 Å². The summed E-state index contributed by atoms with van der Waals surface area (Å²) in [5.74, 6) is -1.80. The molecule has 0 aliphatic rings. The van der Waals surface area contributed by atoms with Crippen molar-refractivity contribution < 1.29 is 19.1 Å². The van der Waals surface area contributed by atoms with Crippen molar-refractivity contribution in [1.82, 2.24) is 10.7 Å². The van der Waals surface area contributed by atoms with Gasteiger partial charge in [0.1, 0.15) is 5.75 Å². The molecule has 32 heavy (non-hydrogen) atoms. The average Bonchev–Trinajstić information content (AvgIpc) is 2.82. The van der Waals surface area contributed by atoms with Gasteiger partial charge in [-0.2, -0.15) is 5.10 Å². The number of amides is 2. The van der Waals surface area contributed by atoms with Crippen LogP contribution in [0.15, 0.2) is 84.0 Å². The van der Waals surface area contributed by atoms with Gasteiger partial charge in [0, 0.05) is 11.6 Å². The van der Waals surface area contributed by atoms with Gasteiger partial charge in [-0.15, -0.1) is 0 Å². The van der Waals surface area contributed by atoms with Crippen LogP contribution in [0.3, 0.4) is 0 Å². The third-order valence-corrected chi connectivity index (χ3v) is 4.64. The summed E-state index contributed by atoms with van der Waals surface area (Å²) in [5, 5.41) is 7.01. The van der Waals surface area contributed by atoms with Gasteiger partial charge in [0.25, 0.3) is 0 Å². The van der Waals surface area contributed by atoms with Crippen LogP contribution in [-0.2, 0) is 16.1 Å². The maximum atomic E-state index is 12.2. The number of hydrogen-bond acceptors (Lipinski definition) is 5. The third kappa shape index (κ3) is 6.52. The van der Waals surface area contributed by atoms with Crippen LogP contribution >= 0.6 is 11.6 Å². The lowest BCUT2D eigenvalue weighted by atomic mass is 10.1. The maximum absolute atomic E-state index is 12.2. The van der Waals surface area contributed by atoms with Crippen molar-refractivity contribution in [3.05, 3.63) is 101 Å². The van der Waals surface area contributed by atoms with Crippen molar-refractivity contribution in [3.63, 3.8) is 0 Å². The molecule has 2 amide bonds. The Kier molecular flexibility index (Phi) is 7.72. The van der Waals surface area contributed by atoms with Crippen molar-refractivity contribution in [2.75, 3.05) is 0 Å². The van der Waals surface area contributed by atoms with Crippen LogP contribution in [0.4, 0.5) is 0 Å². The number of nitrogens with one attached hydrogen (secondary N) is 2. The molecule has 0 saturated carbocycles. The smallest absolute Gasteiger partial charge is 0.343 e. The van der Waals surface area contributed by atoms with Crippen LogP contribution in [0.2, 0.25) is 5.02 Å². The Morgan fingerprint density at radius 3 is 2.12 bits per heavy atom. The van der Waals surface area contributed by atoms with Crippen molar-refractivity contribution >= 4 is 35.1 Å². The molecule has 0 fully saturated rings.